The summed E-state index contributed by atoms with van der Waals surface area (Å²) in [6.45, 7) is 7.15. The first kappa shape index (κ1) is 19.9. The normalized spacial score (nSPS) is 24.6. The van der Waals surface area contributed by atoms with Gasteiger partial charge in [-0.15, -0.1) is 0 Å². The van der Waals surface area contributed by atoms with Crippen LogP contribution in [0.4, 0.5) is 4.79 Å². The van der Waals surface area contributed by atoms with Crippen molar-refractivity contribution < 1.29 is 14.6 Å². The van der Waals surface area contributed by atoms with Gasteiger partial charge >= 0.3 is 6.09 Å². The molecule has 0 aromatic heterocycles. The molecule has 26 heavy (non-hydrogen) atoms. The summed E-state index contributed by atoms with van der Waals surface area (Å²) >= 11 is 9.64. The monoisotopic (exact) mass is 444 g/mol. The first-order chi connectivity index (χ1) is 12.2. The van der Waals surface area contributed by atoms with E-state index in [4.69, 9.17) is 16.3 Å². The lowest BCUT2D eigenvalue weighted by Crippen LogP contribution is -2.57. The molecule has 2 aliphatic heterocycles. The highest BCUT2D eigenvalue weighted by Gasteiger charge is 2.45. The summed E-state index contributed by atoms with van der Waals surface area (Å²) in [5.74, 6) is 0. The molecule has 2 heterocycles. The van der Waals surface area contributed by atoms with Gasteiger partial charge in [0.1, 0.15) is 5.60 Å². The van der Waals surface area contributed by atoms with Gasteiger partial charge in [-0.2, -0.15) is 0 Å². The van der Waals surface area contributed by atoms with E-state index in [1.807, 2.05) is 43.9 Å². The number of amides is 1. The predicted molar refractivity (Wildman–Crippen MR) is 105 cm³/mol. The molecule has 1 aromatic carbocycles. The number of aliphatic hydroxyl groups is 1. The van der Waals surface area contributed by atoms with Crippen LogP contribution >= 0.6 is 27.5 Å². The number of hydrogen-bond acceptors (Lipinski definition) is 4. The highest BCUT2D eigenvalue weighted by molar-refractivity contribution is 9.10. The SMILES string of the molecule is CC(C)(C)OC(=O)N1C2CCC1CN(C(CO)c1ccc(Br)c(Cl)c1)C2. The van der Waals surface area contributed by atoms with Gasteiger partial charge in [0, 0.05) is 29.6 Å². The summed E-state index contributed by atoms with van der Waals surface area (Å²) < 4.78 is 6.43. The van der Waals surface area contributed by atoms with Gasteiger partial charge in [-0.05, 0) is 67.2 Å². The van der Waals surface area contributed by atoms with E-state index in [1.165, 1.54) is 0 Å². The minimum Gasteiger partial charge on any atom is -0.444 e. The maximum atomic E-state index is 12.6. The number of carbonyl (C=O) groups excluding carboxylic acids is 1. The topological polar surface area (TPSA) is 53.0 Å². The Kier molecular flexibility index (Phi) is 5.87. The summed E-state index contributed by atoms with van der Waals surface area (Å²) in [5, 5.41) is 10.6. The van der Waals surface area contributed by atoms with Crippen LogP contribution in [-0.4, -0.2) is 58.4 Å². The van der Waals surface area contributed by atoms with Crippen molar-refractivity contribution >= 4 is 33.6 Å². The van der Waals surface area contributed by atoms with Crippen LogP contribution in [-0.2, 0) is 4.74 Å². The number of fused-ring (bicyclic) bond motifs is 2. The number of carbonyl (C=O) groups is 1. The van der Waals surface area contributed by atoms with Gasteiger partial charge in [-0.1, -0.05) is 17.7 Å². The summed E-state index contributed by atoms with van der Waals surface area (Å²) in [6.07, 6.45) is 1.72. The molecule has 144 valence electrons. The van der Waals surface area contributed by atoms with Crippen LogP contribution in [0.2, 0.25) is 5.02 Å². The molecule has 1 N–H and O–H groups in total. The molecule has 5 nitrogen and oxygen atoms in total. The molecular weight excluding hydrogens is 420 g/mol. The van der Waals surface area contributed by atoms with Crippen LogP contribution in [0.5, 0.6) is 0 Å². The fraction of sp³-hybridized carbons (Fsp3) is 0.632. The number of rotatable bonds is 3. The molecule has 0 radical (unpaired) electrons. The Labute approximate surface area is 168 Å². The van der Waals surface area contributed by atoms with Crippen molar-refractivity contribution in [3.8, 4) is 0 Å². The Balaban J connectivity index is 1.74. The average Bonchev–Trinajstić information content (AvgIpc) is 2.81. The van der Waals surface area contributed by atoms with Crippen molar-refractivity contribution in [2.45, 2.75) is 57.3 Å². The zero-order chi connectivity index (χ0) is 19.1. The van der Waals surface area contributed by atoms with Crippen LogP contribution in [0, 0.1) is 0 Å². The summed E-state index contributed by atoms with van der Waals surface area (Å²) in [7, 11) is 0. The standard InChI is InChI=1S/C19H26BrClN2O3/c1-19(2,3)26-18(25)23-13-5-6-14(23)10-22(9-13)17(11-24)12-4-7-15(20)16(21)8-12/h4,7-8,13-14,17,24H,5-6,9-11H2,1-3H3. The predicted octanol–water partition coefficient (Wildman–Crippen LogP) is 4.22. The number of ether oxygens (including phenoxy) is 1. The minimum absolute atomic E-state index is 0.0177. The van der Waals surface area contributed by atoms with E-state index >= 15 is 0 Å². The molecule has 0 spiro atoms. The van der Waals surface area contributed by atoms with E-state index < -0.39 is 5.60 Å². The molecule has 2 fully saturated rings. The molecule has 1 aromatic rings. The Hall–Kier alpha value is -0.820. The third-order valence-corrected chi connectivity index (χ3v) is 6.29. The molecule has 3 unspecified atom stereocenters. The van der Waals surface area contributed by atoms with E-state index in [-0.39, 0.29) is 30.8 Å². The maximum Gasteiger partial charge on any atom is 0.410 e. The zero-order valence-electron chi connectivity index (χ0n) is 15.4. The minimum atomic E-state index is -0.491. The van der Waals surface area contributed by atoms with Crippen LogP contribution in [0.1, 0.15) is 45.2 Å². The highest BCUT2D eigenvalue weighted by atomic mass is 79.9. The van der Waals surface area contributed by atoms with E-state index in [0.29, 0.717) is 5.02 Å². The molecule has 7 heteroatoms. The number of nitrogens with zero attached hydrogens (tertiary/aromatic N) is 2. The highest BCUT2D eigenvalue weighted by Crippen LogP contribution is 2.36. The van der Waals surface area contributed by atoms with Crippen LogP contribution in [0.3, 0.4) is 0 Å². The van der Waals surface area contributed by atoms with Crippen molar-refractivity contribution in [1.29, 1.82) is 0 Å². The molecule has 3 rings (SSSR count). The molecule has 2 aliphatic rings. The van der Waals surface area contributed by atoms with E-state index in [0.717, 1.165) is 36.0 Å². The van der Waals surface area contributed by atoms with Crippen LogP contribution in [0.15, 0.2) is 22.7 Å². The van der Waals surface area contributed by atoms with Gasteiger partial charge in [-0.3, -0.25) is 9.80 Å². The van der Waals surface area contributed by atoms with E-state index in [2.05, 4.69) is 20.8 Å². The number of benzene rings is 1. The third kappa shape index (κ3) is 4.19. The molecule has 3 atom stereocenters. The van der Waals surface area contributed by atoms with E-state index in [1.54, 1.807) is 0 Å². The lowest BCUT2D eigenvalue weighted by Gasteiger charge is -2.44. The quantitative estimate of drug-likeness (QED) is 0.757. The van der Waals surface area contributed by atoms with Gasteiger partial charge in [0.25, 0.3) is 0 Å². The maximum absolute atomic E-state index is 12.6. The number of likely N-dealkylation sites (tertiary alicyclic amines) is 1. The number of piperazine rings is 1. The summed E-state index contributed by atoms with van der Waals surface area (Å²) in [6, 6.07) is 5.93. The number of halogens is 2. The fourth-order valence-corrected chi connectivity index (χ4v) is 4.39. The Morgan fingerprint density at radius 1 is 1.35 bits per heavy atom. The van der Waals surface area contributed by atoms with Gasteiger partial charge in [-0.25, -0.2) is 4.79 Å². The van der Waals surface area contributed by atoms with Gasteiger partial charge in [0.15, 0.2) is 0 Å². The van der Waals surface area contributed by atoms with Crippen molar-refractivity contribution in [2.75, 3.05) is 19.7 Å². The van der Waals surface area contributed by atoms with Gasteiger partial charge < -0.3 is 9.84 Å². The summed E-state index contributed by atoms with van der Waals surface area (Å²) in [4.78, 5) is 16.8. The lowest BCUT2D eigenvalue weighted by molar-refractivity contribution is -0.0159. The third-order valence-electron chi connectivity index (χ3n) is 5.06. The number of aliphatic hydroxyl groups excluding tert-OH is 1. The second-order valence-electron chi connectivity index (χ2n) is 8.10. The average molecular weight is 446 g/mol. The first-order valence-corrected chi connectivity index (χ1v) is 10.2. The molecule has 2 saturated heterocycles. The molecular formula is C19H26BrClN2O3. The number of hydrogen-bond donors (Lipinski definition) is 1. The van der Waals surface area contributed by atoms with Crippen molar-refractivity contribution in [3.63, 3.8) is 0 Å². The van der Waals surface area contributed by atoms with Gasteiger partial charge in [0.2, 0.25) is 0 Å². The second-order valence-corrected chi connectivity index (χ2v) is 9.36. The molecule has 0 saturated carbocycles. The van der Waals surface area contributed by atoms with Crippen molar-refractivity contribution in [2.24, 2.45) is 0 Å². The first-order valence-electron chi connectivity index (χ1n) is 9.01. The molecule has 1 amide bonds. The van der Waals surface area contributed by atoms with E-state index in [9.17, 15) is 9.90 Å². The fourth-order valence-electron chi connectivity index (χ4n) is 3.95. The van der Waals surface area contributed by atoms with Crippen molar-refractivity contribution in [1.82, 2.24) is 9.80 Å². The Morgan fingerprint density at radius 2 is 1.96 bits per heavy atom. The van der Waals surface area contributed by atoms with Gasteiger partial charge in [0.05, 0.1) is 17.7 Å². The zero-order valence-corrected chi connectivity index (χ0v) is 17.8. The summed E-state index contributed by atoms with van der Waals surface area (Å²) in [5.41, 5.74) is 0.501. The molecule has 2 bridgehead atoms. The van der Waals surface area contributed by atoms with Crippen LogP contribution < -0.4 is 0 Å². The van der Waals surface area contributed by atoms with Crippen molar-refractivity contribution in [3.05, 3.63) is 33.3 Å². The lowest BCUT2D eigenvalue weighted by atomic mass is 10.0. The largest absolute Gasteiger partial charge is 0.444 e. The Morgan fingerprint density at radius 3 is 2.46 bits per heavy atom. The second kappa shape index (κ2) is 7.66. The van der Waals surface area contributed by atoms with Crippen LogP contribution in [0.25, 0.3) is 0 Å². The smallest absolute Gasteiger partial charge is 0.410 e. The molecule has 0 aliphatic carbocycles. The Bertz CT molecular complexity index is 665.